The van der Waals surface area contributed by atoms with E-state index < -0.39 is 0 Å². The van der Waals surface area contributed by atoms with Gasteiger partial charge in [0.05, 0.1) is 31.5 Å². The van der Waals surface area contributed by atoms with E-state index in [0.717, 1.165) is 32.2 Å². The Labute approximate surface area is 301 Å². The van der Waals surface area contributed by atoms with Crippen LogP contribution in [0, 0.1) is 10.1 Å². The third-order valence-corrected chi connectivity index (χ3v) is 11.3. The molecule has 7 nitrogen and oxygen atoms in total. The van der Waals surface area contributed by atoms with Gasteiger partial charge in [0, 0.05) is 24.0 Å². The third kappa shape index (κ3) is 11.6. The quantitative estimate of drug-likeness (QED) is 0.0198. The first-order chi connectivity index (χ1) is 24.0. The molecule has 0 atom stereocenters. The minimum absolute atomic E-state index is 0.00835. The van der Waals surface area contributed by atoms with Gasteiger partial charge in [-0.3, -0.25) is 19.9 Å². The van der Waals surface area contributed by atoms with Crippen LogP contribution in [0.15, 0.2) is 104 Å². The fourth-order valence-corrected chi connectivity index (χ4v) is 8.29. The Morgan fingerprint density at radius 1 is 0.898 bits per heavy atom. The predicted molar refractivity (Wildman–Crippen MR) is 205 cm³/mol. The van der Waals surface area contributed by atoms with Gasteiger partial charge in [0.1, 0.15) is 5.03 Å². The highest BCUT2D eigenvalue weighted by molar-refractivity contribution is 8.01. The molecule has 5 aromatic rings. The number of nitrogens with zero attached hydrogens (tertiary/aromatic N) is 4. The van der Waals surface area contributed by atoms with Crippen molar-refractivity contribution < 1.29 is 9.72 Å². The summed E-state index contributed by atoms with van der Waals surface area (Å²) in [6.07, 6.45) is 17.7. The molecule has 0 fully saturated rings. The van der Waals surface area contributed by atoms with Crippen molar-refractivity contribution in [2.24, 2.45) is 4.99 Å². The number of ketones is 1. The summed E-state index contributed by atoms with van der Waals surface area (Å²) in [6.45, 7) is 2.26. The zero-order valence-electron chi connectivity index (χ0n) is 27.9. The number of hydrogen-bond donors (Lipinski definition) is 0. The summed E-state index contributed by atoms with van der Waals surface area (Å²) >= 11 is 4.24. The van der Waals surface area contributed by atoms with Gasteiger partial charge in [-0.05, 0) is 60.4 Å². The Hall–Kier alpha value is -3.86. The number of unbranched alkanes of at least 4 members (excludes halogenated alkanes) is 9. The number of thioether (sulfide) groups is 1. The number of hydrogen-bond acceptors (Lipinski definition) is 9. The van der Waals surface area contributed by atoms with E-state index in [4.69, 9.17) is 4.98 Å². The van der Waals surface area contributed by atoms with Gasteiger partial charge in [0.25, 0.3) is 5.69 Å². The highest BCUT2D eigenvalue weighted by Gasteiger charge is 2.16. The van der Waals surface area contributed by atoms with Crippen LogP contribution >= 0.6 is 34.9 Å². The lowest BCUT2D eigenvalue weighted by Gasteiger charge is -2.05. The molecule has 0 amide bonds. The predicted octanol–water partition coefficient (Wildman–Crippen LogP) is 11.9. The first-order valence-electron chi connectivity index (χ1n) is 17.1. The molecule has 0 unspecified atom stereocenters. The monoisotopic (exact) mass is 710 g/mol. The van der Waals surface area contributed by atoms with E-state index in [9.17, 15) is 14.9 Å². The largest absolute Gasteiger partial charge is 0.293 e. The van der Waals surface area contributed by atoms with Crippen LogP contribution < -0.4 is 0 Å². The molecular weight excluding hydrogens is 669 g/mol. The second-order valence-electron chi connectivity index (χ2n) is 12.0. The maximum absolute atomic E-state index is 12.9. The van der Waals surface area contributed by atoms with Crippen molar-refractivity contribution in [2.75, 3.05) is 5.75 Å². The third-order valence-electron chi connectivity index (χ3n) is 8.17. The molecule has 254 valence electrons. The summed E-state index contributed by atoms with van der Waals surface area (Å²) in [6, 6.07) is 24.4. The Balaban J connectivity index is 1.08. The van der Waals surface area contributed by atoms with Gasteiger partial charge in [0.15, 0.2) is 10.1 Å². The number of aliphatic imine (C=N–C) groups is 1. The van der Waals surface area contributed by atoms with Crippen molar-refractivity contribution in [1.29, 1.82) is 0 Å². The molecular formula is C39H42N4O3S3. The second kappa shape index (κ2) is 19.4. The number of nitro groups is 1. The highest BCUT2D eigenvalue weighted by Crippen LogP contribution is 2.35. The van der Waals surface area contributed by atoms with Crippen LogP contribution in [0.1, 0.15) is 92.6 Å². The van der Waals surface area contributed by atoms with Crippen LogP contribution in [0.3, 0.4) is 0 Å². The van der Waals surface area contributed by atoms with Crippen molar-refractivity contribution in [3.63, 3.8) is 0 Å². The highest BCUT2D eigenvalue weighted by atomic mass is 32.2. The van der Waals surface area contributed by atoms with Gasteiger partial charge in [-0.1, -0.05) is 125 Å². The van der Waals surface area contributed by atoms with Gasteiger partial charge in [-0.2, -0.15) is 0 Å². The molecule has 3 aromatic carbocycles. The van der Waals surface area contributed by atoms with E-state index in [1.165, 1.54) is 111 Å². The molecule has 0 aliphatic carbocycles. The van der Waals surface area contributed by atoms with Crippen molar-refractivity contribution in [3.05, 3.63) is 112 Å². The molecule has 0 bridgehead atoms. The fraction of sp³-hybridized carbons (Fsp3) is 0.333. The number of aromatic nitrogens is 2. The van der Waals surface area contributed by atoms with E-state index in [-0.39, 0.29) is 16.4 Å². The van der Waals surface area contributed by atoms with Crippen LogP contribution in [0.5, 0.6) is 0 Å². The zero-order chi connectivity index (χ0) is 34.3. The Morgan fingerprint density at radius 2 is 1.65 bits per heavy atom. The van der Waals surface area contributed by atoms with Crippen LogP contribution in [0.2, 0.25) is 0 Å². The average molecular weight is 711 g/mol. The summed E-state index contributed by atoms with van der Waals surface area (Å²) in [5, 5.41) is 12.5. The fourth-order valence-electron chi connectivity index (χ4n) is 5.43. The first-order valence-corrected chi connectivity index (χ1v) is 19.7. The zero-order valence-corrected chi connectivity index (χ0v) is 30.3. The van der Waals surface area contributed by atoms with Crippen LogP contribution in [-0.4, -0.2) is 32.6 Å². The summed E-state index contributed by atoms with van der Waals surface area (Å²) in [4.78, 5) is 38.4. The maximum atomic E-state index is 12.9. The Morgan fingerprint density at radius 3 is 2.37 bits per heavy atom. The van der Waals surface area contributed by atoms with E-state index in [0.29, 0.717) is 21.2 Å². The van der Waals surface area contributed by atoms with E-state index in [1.807, 2.05) is 54.6 Å². The molecule has 5 rings (SSSR count). The van der Waals surface area contributed by atoms with E-state index >= 15 is 0 Å². The summed E-state index contributed by atoms with van der Waals surface area (Å²) in [5.41, 5.74) is 4.24. The molecule has 49 heavy (non-hydrogen) atoms. The second-order valence-corrected chi connectivity index (χ2v) is 15.3. The van der Waals surface area contributed by atoms with Gasteiger partial charge >= 0.3 is 0 Å². The van der Waals surface area contributed by atoms with Crippen molar-refractivity contribution >= 4 is 68.4 Å². The molecule has 0 aliphatic rings. The lowest BCUT2D eigenvalue weighted by molar-refractivity contribution is -0.387. The number of rotatable bonds is 20. The van der Waals surface area contributed by atoms with Crippen molar-refractivity contribution in [1.82, 2.24) is 9.97 Å². The minimum atomic E-state index is -0.384. The normalized spacial score (nSPS) is 11.4. The van der Waals surface area contributed by atoms with Crippen molar-refractivity contribution in [3.8, 4) is 0 Å². The standard InChI is InChI=1S/C39H42N4O3S3/c1-2-3-4-5-6-7-8-9-10-11-14-29-16-19-31(20-17-29)35(44)28-47-39-42-33-22-21-32(26-37(33)49-39)41-27-30-18-23-36(34(25-30)43(45)46)48-38-15-12-13-24-40-38/h12-13,15-27H,2-11,14,28H2,1H3. The molecule has 0 spiro atoms. The van der Waals surface area contributed by atoms with Crippen molar-refractivity contribution in [2.45, 2.75) is 91.8 Å². The molecule has 0 saturated heterocycles. The lowest BCUT2D eigenvalue weighted by atomic mass is 10.0. The first kappa shape index (κ1) is 36.4. The molecule has 0 N–H and O–H groups in total. The molecule has 0 aliphatic heterocycles. The number of carbonyl (C=O) groups is 1. The number of pyridine rings is 1. The van der Waals surface area contributed by atoms with E-state index in [1.54, 1.807) is 18.5 Å². The number of carbonyl (C=O) groups excluding carboxylic acids is 1. The van der Waals surface area contributed by atoms with E-state index in [2.05, 4.69) is 29.0 Å². The summed E-state index contributed by atoms with van der Waals surface area (Å²) in [5.74, 6) is 0.425. The number of nitro benzene ring substituents is 1. The average Bonchev–Trinajstić information content (AvgIpc) is 3.54. The number of Topliss-reactive ketones (excluding diaryl/α,β-unsaturated/α-hetero) is 1. The Bertz CT molecular complexity index is 1840. The lowest BCUT2D eigenvalue weighted by Crippen LogP contribution is -2.02. The summed E-state index contributed by atoms with van der Waals surface area (Å²) < 4.78 is 1.80. The molecule has 10 heteroatoms. The number of fused-ring (bicyclic) bond motifs is 1. The minimum Gasteiger partial charge on any atom is -0.293 e. The molecule has 2 heterocycles. The van der Waals surface area contributed by atoms with Gasteiger partial charge in [-0.25, -0.2) is 9.97 Å². The molecule has 2 aromatic heterocycles. The van der Waals surface area contributed by atoms with Crippen LogP contribution in [-0.2, 0) is 6.42 Å². The molecule has 0 radical (unpaired) electrons. The summed E-state index contributed by atoms with van der Waals surface area (Å²) in [7, 11) is 0. The van der Waals surface area contributed by atoms with Crippen LogP contribution in [0.4, 0.5) is 11.4 Å². The number of benzene rings is 3. The van der Waals surface area contributed by atoms with Crippen LogP contribution in [0.25, 0.3) is 10.2 Å². The topological polar surface area (TPSA) is 98.3 Å². The maximum Gasteiger partial charge on any atom is 0.283 e. The van der Waals surface area contributed by atoms with Gasteiger partial charge in [-0.15, -0.1) is 11.3 Å². The number of thiazole rings is 1. The SMILES string of the molecule is CCCCCCCCCCCCc1ccc(C(=O)CSc2nc3ccc(N=Cc4ccc(Sc5ccccn5)c([N+](=O)[O-])c4)cc3s2)cc1. The Kier molecular flexibility index (Phi) is 14.4. The number of aryl methyl sites for hydroxylation is 1. The van der Waals surface area contributed by atoms with Gasteiger partial charge < -0.3 is 0 Å². The van der Waals surface area contributed by atoms with Gasteiger partial charge in [0.2, 0.25) is 0 Å². The molecule has 0 saturated carbocycles. The smallest absolute Gasteiger partial charge is 0.283 e.